The highest BCUT2D eigenvalue weighted by molar-refractivity contribution is 5.42. The van der Waals surface area contributed by atoms with Crippen LogP contribution in [0.15, 0.2) is 16.9 Å². The van der Waals surface area contributed by atoms with Gasteiger partial charge in [0.15, 0.2) is 5.82 Å². The van der Waals surface area contributed by atoms with Crippen LogP contribution in [-0.4, -0.2) is 32.8 Å². The summed E-state index contributed by atoms with van der Waals surface area (Å²) in [7, 11) is 3.85. The molecule has 0 aliphatic heterocycles. The topological polar surface area (TPSA) is 68.8 Å². The molecule has 2 aromatic rings. The van der Waals surface area contributed by atoms with Crippen molar-refractivity contribution in [3.8, 4) is 11.6 Å². The molecule has 0 saturated heterocycles. The van der Waals surface area contributed by atoms with E-state index in [1.165, 1.54) is 0 Å². The molecule has 0 aromatic carbocycles. The molecule has 2 rings (SSSR count). The third-order valence-electron chi connectivity index (χ3n) is 2.77. The van der Waals surface area contributed by atoms with Crippen molar-refractivity contribution >= 4 is 0 Å². The number of hydrogen-bond donors (Lipinski definition) is 1. The van der Waals surface area contributed by atoms with E-state index in [4.69, 9.17) is 4.52 Å². The Morgan fingerprint density at radius 2 is 2.35 bits per heavy atom. The molecule has 6 nitrogen and oxygen atoms in total. The molecule has 6 heteroatoms. The lowest BCUT2D eigenvalue weighted by molar-refractivity contribution is 0.369. The van der Waals surface area contributed by atoms with E-state index in [9.17, 15) is 0 Å². The first kappa shape index (κ1) is 11.8. The molecular weight excluding hydrogens is 218 g/mol. The minimum absolute atomic E-state index is 0.443. The van der Waals surface area contributed by atoms with Gasteiger partial charge in [-0.05, 0) is 20.4 Å². The number of aryl methyl sites for hydroxylation is 2. The molecule has 0 aliphatic rings. The molecule has 1 unspecified atom stereocenters. The van der Waals surface area contributed by atoms with Crippen LogP contribution in [0.3, 0.4) is 0 Å². The van der Waals surface area contributed by atoms with Gasteiger partial charge in [0.2, 0.25) is 11.7 Å². The van der Waals surface area contributed by atoms with E-state index < -0.39 is 0 Å². The first-order valence-corrected chi connectivity index (χ1v) is 5.68. The summed E-state index contributed by atoms with van der Waals surface area (Å²) in [6.45, 7) is 2.12. The van der Waals surface area contributed by atoms with Crippen LogP contribution in [0, 0.1) is 0 Å². The van der Waals surface area contributed by atoms with Crippen molar-refractivity contribution in [1.29, 1.82) is 0 Å². The molecule has 2 heterocycles. The second-order valence-electron chi connectivity index (χ2n) is 4.10. The average molecular weight is 235 g/mol. The Hall–Kier alpha value is -1.69. The second kappa shape index (κ2) is 5.09. The molecule has 0 aliphatic carbocycles. The number of nitrogens with zero attached hydrogens (tertiary/aromatic N) is 4. The molecule has 1 N–H and O–H groups in total. The Bertz CT molecular complexity index is 476. The van der Waals surface area contributed by atoms with E-state index in [1.807, 2.05) is 24.9 Å². The van der Waals surface area contributed by atoms with Gasteiger partial charge in [0, 0.05) is 31.9 Å². The minimum atomic E-state index is 0.443. The molecule has 0 amide bonds. The monoisotopic (exact) mass is 235 g/mol. The first-order valence-electron chi connectivity index (χ1n) is 5.68. The third-order valence-corrected chi connectivity index (χ3v) is 2.77. The number of rotatable bonds is 5. The fourth-order valence-corrected chi connectivity index (χ4v) is 1.51. The van der Waals surface area contributed by atoms with Gasteiger partial charge in [-0.15, -0.1) is 0 Å². The lowest BCUT2D eigenvalue weighted by Gasteiger charge is -2.06. The smallest absolute Gasteiger partial charge is 0.238 e. The maximum atomic E-state index is 5.20. The Kier molecular flexibility index (Phi) is 3.53. The van der Waals surface area contributed by atoms with Crippen molar-refractivity contribution in [1.82, 2.24) is 25.0 Å². The van der Waals surface area contributed by atoms with E-state index in [1.54, 1.807) is 6.20 Å². The zero-order valence-electron chi connectivity index (χ0n) is 10.3. The standard InChI is InChI=1S/C11H17N5O/c1-8(12-2)4-5-9-14-10(15-17-9)11-13-6-7-16(11)3/h6-8,12H,4-5H2,1-3H3. The summed E-state index contributed by atoms with van der Waals surface area (Å²) < 4.78 is 7.06. The molecular formula is C11H17N5O. The van der Waals surface area contributed by atoms with Crippen molar-refractivity contribution in [3.05, 3.63) is 18.3 Å². The highest BCUT2D eigenvalue weighted by Gasteiger charge is 2.12. The van der Waals surface area contributed by atoms with Gasteiger partial charge in [0.25, 0.3) is 0 Å². The highest BCUT2D eigenvalue weighted by atomic mass is 16.5. The van der Waals surface area contributed by atoms with Crippen LogP contribution in [0.25, 0.3) is 11.6 Å². The van der Waals surface area contributed by atoms with Gasteiger partial charge in [0.1, 0.15) is 0 Å². The van der Waals surface area contributed by atoms with Crippen LogP contribution < -0.4 is 5.32 Å². The van der Waals surface area contributed by atoms with Gasteiger partial charge >= 0.3 is 0 Å². The molecule has 17 heavy (non-hydrogen) atoms. The van der Waals surface area contributed by atoms with E-state index in [2.05, 4.69) is 27.4 Å². The van der Waals surface area contributed by atoms with Gasteiger partial charge in [-0.25, -0.2) is 4.98 Å². The fraction of sp³-hybridized carbons (Fsp3) is 0.545. The Balaban J connectivity index is 2.04. The average Bonchev–Trinajstić information content (AvgIpc) is 2.94. The maximum absolute atomic E-state index is 5.20. The van der Waals surface area contributed by atoms with Crippen molar-refractivity contribution < 1.29 is 4.52 Å². The minimum Gasteiger partial charge on any atom is -0.339 e. The molecule has 0 saturated carbocycles. The SMILES string of the molecule is CNC(C)CCc1nc(-c2nccn2C)no1. The highest BCUT2D eigenvalue weighted by Crippen LogP contribution is 2.13. The van der Waals surface area contributed by atoms with Crippen LogP contribution >= 0.6 is 0 Å². The van der Waals surface area contributed by atoms with Crippen LogP contribution in [0.2, 0.25) is 0 Å². The summed E-state index contributed by atoms with van der Waals surface area (Å²) in [6.07, 6.45) is 5.32. The van der Waals surface area contributed by atoms with E-state index in [0.717, 1.165) is 18.7 Å². The summed E-state index contributed by atoms with van der Waals surface area (Å²) in [5, 5.41) is 7.11. The van der Waals surface area contributed by atoms with Gasteiger partial charge in [-0.3, -0.25) is 0 Å². The van der Waals surface area contributed by atoms with Crippen molar-refractivity contribution in [2.45, 2.75) is 25.8 Å². The van der Waals surface area contributed by atoms with Crippen molar-refractivity contribution in [2.24, 2.45) is 7.05 Å². The largest absolute Gasteiger partial charge is 0.339 e. The van der Waals surface area contributed by atoms with Gasteiger partial charge in [-0.2, -0.15) is 4.98 Å². The summed E-state index contributed by atoms with van der Waals surface area (Å²) in [6, 6.07) is 0.443. The Labute approximate surface area is 100 Å². The van der Waals surface area contributed by atoms with Crippen LogP contribution in [0.5, 0.6) is 0 Å². The van der Waals surface area contributed by atoms with Crippen LogP contribution in [0.4, 0.5) is 0 Å². The number of imidazole rings is 1. The van der Waals surface area contributed by atoms with Crippen molar-refractivity contribution in [3.63, 3.8) is 0 Å². The van der Waals surface area contributed by atoms with Crippen LogP contribution in [-0.2, 0) is 13.5 Å². The summed E-state index contributed by atoms with van der Waals surface area (Å²) >= 11 is 0. The maximum Gasteiger partial charge on any atom is 0.238 e. The summed E-state index contributed by atoms with van der Waals surface area (Å²) in [5.41, 5.74) is 0. The molecule has 0 bridgehead atoms. The summed E-state index contributed by atoms with van der Waals surface area (Å²) in [5.74, 6) is 1.93. The zero-order chi connectivity index (χ0) is 12.3. The normalized spacial score (nSPS) is 12.9. The van der Waals surface area contributed by atoms with Gasteiger partial charge in [-0.1, -0.05) is 5.16 Å². The fourth-order valence-electron chi connectivity index (χ4n) is 1.51. The molecule has 0 fully saturated rings. The van der Waals surface area contributed by atoms with E-state index in [-0.39, 0.29) is 0 Å². The number of aromatic nitrogens is 4. The number of nitrogens with one attached hydrogen (secondary N) is 1. The lowest BCUT2D eigenvalue weighted by atomic mass is 10.2. The predicted octanol–water partition coefficient (Wildman–Crippen LogP) is 1.01. The predicted molar refractivity (Wildman–Crippen MR) is 63.3 cm³/mol. The number of hydrogen-bond acceptors (Lipinski definition) is 5. The quantitative estimate of drug-likeness (QED) is 0.837. The molecule has 0 radical (unpaired) electrons. The van der Waals surface area contributed by atoms with Gasteiger partial charge < -0.3 is 14.4 Å². The van der Waals surface area contributed by atoms with Gasteiger partial charge in [0.05, 0.1) is 0 Å². The summed E-state index contributed by atoms with van der Waals surface area (Å²) in [4.78, 5) is 8.51. The van der Waals surface area contributed by atoms with E-state index >= 15 is 0 Å². The Morgan fingerprint density at radius 1 is 1.53 bits per heavy atom. The third kappa shape index (κ3) is 2.71. The molecule has 0 spiro atoms. The van der Waals surface area contributed by atoms with Crippen LogP contribution in [0.1, 0.15) is 19.2 Å². The van der Waals surface area contributed by atoms with E-state index in [0.29, 0.717) is 17.8 Å². The molecule has 1 atom stereocenters. The second-order valence-corrected chi connectivity index (χ2v) is 4.10. The first-order chi connectivity index (χ1) is 8.20. The zero-order valence-corrected chi connectivity index (χ0v) is 10.3. The molecule has 2 aromatic heterocycles. The lowest BCUT2D eigenvalue weighted by Crippen LogP contribution is -2.21. The molecule has 92 valence electrons. The Morgan fingerprint density at radius 3 is 3.00 bits per heavy atom. The van der Waals surface area contributed by atoms with Crippen molar-refractivity contribution in [2.75, 3.05) is 7.05 Å².